The number of benzene rings is 1. The molecule has 1 aromatic heterocycles. The van der Waals surface area contributed by atoms with E-state index in [1.807, 2.05) is 17.9 Å². The van der Waals surface area contributed by atoms with Gasteiger partial charge in [-0.2, -0.15) is 13.2 Å². The second-order valence-corrected chi connectivity index (χ2v) is 5.27. The number of phenols is 1. The lowest BCUT2D eigenvalue weighted by Crippen LogP contribution is -2.26. The van der Waals surface area contributed by atoms with Crippen LogP contribution >= 0.6 is 0 Å². The van der Waals surface area contributed by atoms with Crippen LogP contribution in [-0.2, 0) is 13.1 Å². The minimum Gasteiger partial charge on any atom is -0.508 e. The van der Waals surface area contributed by atoms with Crippen LogP contribution in [0.25, 0.3) is 0 Å². The van der Waals surface area contributed by atoms with Gasteiger partial charge in [0.2, 0.25) is 0 Å². The second-order valence-electron chi connectivity index (χ2n) is 5.27. The molecule has 1 N–H and O–H groups in total. The molecular weight excluding hydrogens is 295 g/mol. The largest absolute Gasteiger partial charge is 0.508 e. The molecule has 1 heterocycles. The minimum atomic E-state index is -4.27. The van der Waals surface area contributed by atoms with Gasteiger partial charge in [0.1, 0.15) is 18.1 Å². The number of halogens is 3. The number of hydrogen-bond acceptors (Lipinski definition) is 3. The molecule has 0 aliphatic rings. The van der Waals surface area contributed by atoms with E-state index in [0.29, 0.717) is 5.82 Å². The summed E-state index contributed by atoms with van der Waals surface area (Å²) >= 11 is 0. The van der Waals surface area contributed by atoms with Crippen LogP contribution < -0.4 is 0 Å². The molecule has 22 heavy (non-hydrogen) atoms. The molecule has 7 heteroatoms. The van der Waals surface area contributed by atoms with Gasteiger partial charge in [0.05, 0.1) is 6.54 Å². The molecule has 0 amide bonds. The third-order valence-electron chi connectivity index (χ3n) is 3.56. The molecule has 2 rings (SSSR count). The van der Waals surface area contributed by atoms with Crippen LogP contribution in [0.1, 0.15) is 24.4 Å². The van der Waals surface area contributed by atoms with Crippen molar-refractivity contribution in [3.8, 4) is 5.75 Å². The highest BCUT2D eigenvalue weighted by Gasteiger charge is 2.29. The highest BCUT2D eigenvalue weighted by atomic mass is 19.4. The summed E-state index contributed by atoms with van der Waals surface area (Å²) in [4.78, 5) is 5.88. The molecule has 0 aliphatic heterocycles. The average Bonchev–Trinajstić information content (AvgIpc) is 2.83. The molecular formula is C15H18F3N3O. The fourth-order valence-electron chi connectivity index (χ4n) is 2.23. The van der Waals surface area contributed by atoms with Crippen molar-refractivity contribution in [2.75, 3.05) is 7.05 Å². The van der Waals surface area contributed by atoms with Gasteiger partial charge in [-0.3, -0.25) is 4.90 Å². The number of imidazole rings is 1. The van der Waals surface area contributed by atoms with Crippen molar-refractivity contribution in [3.05, 3.63) is 48.0 Å². The number of hydrogen-bond donors (Lipinski definition) is 1. The van der Waals surface area contributed by atoms with Gasteiger partial charge < -0.3 is 9.67 Å². The van der Waals surface area contributed by atoms with Crippen molar-refractivity contribution in [3.63, 3.8) is 0 Å². The van der Waals surface area contributed by atoms with Crippen LogP contribution in [0.3, 0.4) is 0 Å². The first-order chi connectivity index (χ1) is 10.3. The maximum atomic E-state index is 12.5. The number of alkyl halides is 3. The molecule has 1 aromatic carbocycles. The number of rotatable bonds is 5. The number of aromatic nitrogens is 2. The van der Waals surface area contributed by atoms with E-state index in [-0.39, 0.29) is 18.3 Å². The van der Waals surface area contributed by atoms with E-state index < -0.39 is 12.7 Å². The lowest BCUT2D eigenvalue weighted by Gasteiger charge is -2.25. The highest BCUT2D eigenvalue weighted by Crippen LogP contribution is 2.24. The number of nitrogens with zero attached hydrogens (tertiary/aromatic N) is 3. The van der Waals surface area contributed by atoms with Crippen molar-refractivity contribution < 1.29 is 18.3 Å². The minimum absolute atomic E-state index is 0.0665. The molecule has 0 radical (unpaired) electrons. The van der Waals surface area contributed by atoms with E-state index >= 15 is 0 Å². The maximum Gasteiger partial charge on any atom is 0.406 e. The molecule has 0 unspecified atom stereocenters. The zero-order valence-electron chi connectivity index (χ0n) is 12.4. The summed E-state index contributed by atoms with van der Waals surface area (Å²) in [5.74, 6) is 0.517. The third-order valence-corrected chi connectivity index (χ3v) is 3.56. The van der Waals surface area contributed by atoms with Crippen LogP contribution in [0.15, 0.2) is 36.7 Å². The number of phenolic OH excluding ortho intramolecular Hbond substituents is 1. The van der Waals surface area contributed by atoms with Gasteiger partial charge in [0, 0.05) is 18.4 Å². The zero-order valence-corrected chi connectivity index (χ0v) is 12.4. The molecule has 0 saturated heterocycles. The maximum absolute atomic E-state index is 12.5. The van der Waals surface area contributed by atoms with Gasteiger partial charge in [-0.1, -0.05) is 12.1 Å². The fourth-order valence-corrected chi connectivity index (χ4v) is 2.23. The van der Waals surface area contributed by atoms with Crippen LogP contribution in [-0.4, -0.2) is 32.8 Å². The van der Waals surface area contributed by atoms with Gasteiger partial charge in [-0.05, 0) is 31.7 Å². The third kappa shape index (κ3) is 4.24. The second kappa shape index (κ2) is 6.39. The molecule has 0 fully saturated rings. The van der Waals surface area contributed by atoms with E-state index in [1.54, 1.807) is 25.2 Å². The molecule has 0 saturated carbocycles. The monoisotopic (exact) mass is 313 g/mol. The van der Waals surface area contributed by atoms with E-state index in [2.05, 4.69) is 4.98 Å². The summed E-state index contributed by atoms with van der Waals surface area (Å²) in [7, 11) is 1.81. The Bertz CT molecular complexity index is 624. The first-order valence-electron chi connectivity index (χ1n) is 6.82. The summed E-state index contributed by atoms with van der Waals surface area (Å²) in [6.07, 6.45) is -1.57. The van der Waals surface area contributed by atoms with E-state index in [4.69, 9.17) is 0 Å². The van der Waals surface area contributed by atoms with E-state index in [0.717, 1.165) is 10.1 Å². The van der Waals surface area contributed by atoms with E-state index in [9.17, 15) is 18.3 Å². The van der Waals surface area contributed by atoms with Crippen LogP contribution in [0, 0.1) is 0 Å². The molecule has 0 aliphatic carbocycles. The number of aromatic hydroxyl groups is 1. The first-order valence-corrected chi connectivity index (χ1v) is 6.82. The Morgan fingerprint density at radius 1 is 1.36 bits per heavy atom. The smallest absolute Gasteiger partial charge is 0.406 e. The van der Waals surface area contributed by atoms with Crippen LogP contribution in [0.4, 0.5) is 13.2 Å². The normalized spacial score (nSPS) is 13.5. The topological polar surface area (TPSA) is 41.3 Å². The summed E-state index contributed by atoms with van der Waals surface area (Å²) in [6.45, 7) is 1.16. The zero-order chi connectivity index (χ0) is 16.3. The van der Waals surface area contributed by atoms with E-state index in [1.165, 1.54) is 12.4 Å². The Labute approximate surface area is 126 Å². The van der Waals surface area contributed by atoms with Crippen molar-refractivity contribution in [1.82, 2.24) is 14.5 Å². The van der Waals surface area contributed by atoms with Crippen LogP contribution in [0.2, 0.25) is 0 Å². The quantitative estimate of drug-likeness (QED) is 0.920. The first kappa shape index (κ1) is 16.4. The summed E-state index contributed by atoms with van der Waals surface area (Å²) in [5.41, 5.74) is 0.886. The van der Waals surface area contributed by atoms with Crippen molar-refractivity contribution >= 4 is 0 Å². The van der Waals surface area contributed by atoms with Gasteiger partial charge in [0.15, 0.2) is 0 Å². The molecule has 4 nitrogen and oxygen atoms in total. The summed E-state index contributed by atoms with van der Waals surface area (Å²) < 4.78 is 38.6. The predicted molar refractivity (Wildman–Crippen MR) is 76.3 cm³/mol. The Kier molecular flexibility index (Phi) is 4.75. The van der Waals surface area contributed by atoms with Crippen molar-refractivity contribution in [2.45, 2.75) is 32.2 Å². The van der Waals surface area contributed by atoms with Gasteiger partial charge in [-0.25, -0.2) is 4.98 Å². The Morgan fingerprint density at radius 3 is 2.73 bits per heavy atom. The highest BCUT2D eigenvalue weighted by molar-refractivity contribution is 5.29. The molecule has 0 bridgehead atoms. The molecule has 0 spiro atoms. The summed E-state index contributed by atoms with van der Waals surface area (Å²) in [5, 5.41) is 9.51. The Balaban J connectivity index is 2.09. The Morgan fingerprint density at radius 2 is 2.09 bits per heavy atom. The van der Waals surface area contributed by atoms with Gasteiger partial charge in [0.25, 0.3) is 0 Å². The van der Waals surface area contributed by atoms with Crippen molar-refractivity contribution in [1.29, 1.82) is 0 Å². The molecule has 2 aromatic rings. The fraction of sp³-hybridized carbons (Fsp3) is 0.400. The lowest BCUT2D eigenvalue weighted by molar-refractivity contribution is -0.141. The van der Waals surface area contributed by atoms with Crippen LogP contribution in [0.5, 0.6) is 5.75 Å². The SMILES string of the molecule is C[C@@H](c1cccc(O)c1)N(C)Cc1nccn1CC(F)(F)F. The van der Waals surface area contributed by atoms with Gasteiger partial charge in [-0.15, -0.1) is 0 Å². The standard InChI is InChI=1S/C15H18F3N3O/c1-11(12-4-3-5-13(22)8-12)20(2)9-14-19-6-7-21(14)10-15(16,17)18/h3-8,11,22H,9-10H2,1-2H3/t11-/m0/s1. The average molecular weight is 313 g/mol. The lowest BCUT2D eigenvalue weighted by atomic mass is 10.1. The molecule has 1 atom stereocenters. The summed E-state index contributed by atoms with van der Waals surface area (Å²) in [6, 6.07) is 6.75. The van der Waals surface area contributed by atoms with Crippen molar-refractivity contribution in [2.24, 2.45) is 0 Å². The molecule has 120 valence electrons. The van der Waals surface area contributed by atoms with Gasteiger partial charge >= 0.3 is 6.18 Å². The predicted octanol–water partition coefficient (Wildman–Crippen LogP) is 3.34. The Hall–Kier alpha value is -2.02.